The molecule has 0 aromatic heterocycles. The lowest BCUT2D eigenvalue weighted by Crippen LogP contribution is -2.42. The van der Waals surface area contributed by atoms with Gasteiger partial charge in [0.25, 0.3) is 0 Å². The van der Waals surface area contributed by atoms with Crippen molar-refractivity contribution in [3.8, 4) is 5.75 Å². The molecule has 0 heterocycles. The van der Waals surface area contributed by atoms with Gasteiger partial charge in [-0.1, -0.05) is 0 Å². The molecule has 0 aliphatic heterocycles. The van der Waals surface area contributed by atoms with Gasteiger partial charge in [-0.2, -0.15) is 13.2 Å². The Balaban J connectivity index is 2.87. The first kappa shape index (κ1) is 15.2. The molecule has 0 spiro atoms. The summed E-state index contributed by atoms with van der Waals surface area (Å²) >= 11 is 0. The van der Waals surface area contributed by atoms with Gasteiger partial charge in [0.05, 0.1) is 7.11 Å². The van der Waals surface area contributed by atoms with Gasteiger partial charge in [0.15, 0.2) is 0 Å². The van der Waals surface area contributed by atoms with E-state index >= 15 is 0 Å². The molecule has 0 amide bonds. The fourth-order valence-corrected chi connectivity index (χ4v) is 1.17. The Morgan fingerprint density at radius 2 is 2.05 bits per heavy atom. The number of methoxy groups -OCH3 is 1. The van der Waals surface area contributed by atoms with E-state index in [4.69, 9.17) is 10.5 Å². The Kier molecular flexibility index (Phi) is 4.71. The van der Waals surface area contributed by atoms with Crippen molar-refractivity contribution >= 4 is 5.97 Å². The van der Waals surface area contributed by atoms with Gasteiger partial charge in [-0.15, -0.1) is 0 Å². The SMILES string of the molecule is COC(=O)c1cc(F)ccc1OCC(N)C(F)(F)F. The number of carbonyl (C=O) groups is 1. The minimum absolute atomic E-state index is 0.229. The van der Waals surface area contributed by atoms with E-state index in [2.05, 4.69) is 4.74 Å². The number of rotatable bonds is 4. The molecular formula is C11H11F4NO3. The van der Waals surface area contributed by atoms with E-state index in [1.807, 2.05) is 0 Å². The van der Waals surface area contributed by atoms with Crippen LogP contribution in [0.1, 0.15) is 10.4 Å². The summed E-state index contributed by atoms with van der Waals surface area (Å²) in [5.41, 5.74) is 4.54. The first-order valence-electron chi connectivity index (χ1n) is 5.08. The topological polar surface area (TPSA) is 61.5 Å². The monoisotopic (exact) mass is 281 g/mol. The highest BCUT2D eigenvalue weighted by molar-refractivity contribution is 5.92. The third kappa shape index (κ3) is 4.09. The Bertz CT molecular complexity index is 462. The third-order valence-electron chi connectivity index (χ3n) is 2.19. The van der Waals surface area contributed by atoms with Gasteiger partial charge >= 0.3 is 12.1 Å². The van der Waals surface area contributed by atoms with Crippen molar-refractivity contribution in [3.05, 3.63) is 29.6 Å². The molecule has 4 nitrogen and oxygen atoms in total. The maximum atomic E-state index is 13.0. The number of nitrogens with two attached hydrogens (primary N) is 1. The zero-order valence-corrected chi connectivity index (χ0v) is 9.83. The van der Waals surface area contributed by atoms with Crippen LogP contribution in [0, 0.1) is 5.82 Å². The molecule has 1 unspecified atom stereocenters. The molecule has 0 fully saturated rings. The molecule has 1 atom stereocenters. The van der Waals surface area contributed by atoms with Crippen LogP contribution in [0.5, 0.6) is 5.75 Å². The van der Waals surface area contributed by atoms with E-state index in [9.17, 15) is 22.4 Å². The van der Waals surface area contributed by atoms with Gasteiger partial charge in [-0.05, 0) is 18.2 Å². The number of esters is 1. The molecule has 8 heteroatoms. The fourth-order valence-electron chi connectivity index (χ4n) is 1.17. The zero-order valence-electron chi connectivity index (χ0n) is 9.83. The number of halogens is 4. The molecule has 1 rings (SSSR count). The number of benzene rings is 1. The summed E-state index contributed by atoms with van der Waals surface area (Å²) in [6, 6.07) is 0.578. The van der Waals surface area contributed by atoms with Gasteiger partial charge in [0.2, 0.25) is 0 Å². The molecule has 0 saturated heterocycles. The van der Waals surface area contributed by atoms with Crippen LogP contribution in [0.3, 0.4) is 0 Å². The second-order valence-electron chi connectivity index (χ2n) is 3.59. The number of hydrogen-bond acceptors (Lipinski definition) is 4. The van der Waals surface area contributed by atoms with Crippen LogP contribution in [0.2, 0.25) is 0 Å². The quantitative estimate of drug-likeness (QED) is 0.676. The molecule has 0 aliphatic carbocycles. The van der Waals surface area contributed by atoms with E-state index in [0.29, 0.717) is 0 Å². The van der Waals surface area contributed by atoms with Crippen molar-refractivity contribution < 1.29 is 31.8 Å². The van der Waals surface area contributed by atoms with Crippen LogP contribution in [-0.4, -0.2) is 31.9 Å². The maximum Gasteiger partial charge on any atom is 0.406 e. The molecule has 1 aromatic rings. The van der Waals surface area contributed by atoms with Gasteiger partial charge in [0, 0.05) is 0 Å². The van der Waals surface area contributed by atoms with Crippen LogP contribution in [0.4, 0.5) is 17.6 Å². The summed E-state index contributed by atoms with van der Waals surface area (Å²) in [5, 5.41) is 0. The molecule has 0 bridgehead atoms. The standard InChI is InChI=1S/C11H11F4NO3/c1-18-10(17)7-4-6(12)2-3-8(7)19-5-9(16)11(13,14)15/h2-4,9H,5,16H2,1H3. The largest absolute Gasteiger partial charge is 0.491 e. The molecule has 106 valence electrons. The Morgan fingerprint density at radius 3 is 2.58 bits per heavy atom. The summed E-state index contributed by atoms with van der Waals surface area (Å²) in [6.45, 7) is -0.890. The van der Waals surface area contributed by atoms with E-state index < -0.39 is 30.6 Å². The smallest absolute Gasteiger partial charge is 0.406 e. The lowest BCUT2D eigenvalue weighted by atomic mass is 10.2. The predicted octanol–water partition coefficient (Wildman–Crippen LogP) is 1.88. The van der Waals surface area contributed by atoms with Crippen LogP contribution < -0.4 is 10.5 Å². The van der Waals surface area contributed by atoms with E-state index in [-0.39, 0.29) is 11.3 Å². The van der Waals surface area contributed by atoms with Gasteiger partial charge < -0.3 is 15.2 Å². The van der Waals surface area contributed by atoms with Crippen molar-refractivity contribution in [1.29, 1.82) is 0 Å². The number of ether oxygens (including phenoxy) is 2. The highest BCUT2D eigenvalue weighted by Crippen LogP contribution is 2.23. The van der Waals surface area contributed by atoms with E-state index in [1.54, 1.807) is 0 Å². The third-order valence-corrected chi connectivity index (χ3v) is 2.19. The lowest BCUT2D eigenvalue weighted by Gasteiger charge is -2.17. The highest BCUT2D eigenvalue weighted by atomic mass is 19.4. The van der Waals surface area contributed by atoms with Crippen molar-refractivity contribution in [2.24, 2.45) is 5.73 Å². The summed E-state index contributed by atoms with van der Waals surface area (Å²) in [4.78, 5) is 11.3. The summed E-state index contributed by atoms with van der Waals surface area (Å²) in [5.74, 6) is -1.89. The predicted molar refractivity (Wildman–Crippen MR) is 57.3 cm³/mol. The second kappa shape index (κ2) is 5.87. The maximum absolute atomic E-state index is 13.0. The van der Waals surface area contributed by atoms with E-state index in [0.717, 1.165) is 25.3 Å². The summed E-state index contributed by atoms with van der Waals surface area (Å²) in [7, 11) is 1.05. The molecule has 2 N–H and O–H groups in total. The van der Waals surface area contributed by atoms with Gasteiger partial charge in [-0.25, -0.2) is 9.18 Å². The Morgan fingerprint density at radius 1 is 1.42 bits per heavy atom. The van der Waals surface area contributed by atoms with Crippen molar-refractivity contribution in [2.45, 2.75) is 12.2 Å². The van der Waals surface area contributed by atoms with Gasteiger partial charge in [-0.3, -0.25) is 0 Å². The molecule has 1 aromatic carbocycles. The van der Waals surface area contributed by atoms with Gasteiger partial charge in [0.1, 0.15) is 29.8 Å². The van der Waals surface area contributed by atoms with Crippen LogP contribution >= 0.6 is 0 Å². The minimum Gasteiger partial charge on any atom is -0.491 e. The molecule has 0 saturated carbocycles. The summed E-state index contributed by atoms with van der Waals surface area (Å²) in [6.07, 6.45) is -4.62. The van der Waals surface area contributed by atoms with Crippen LogP contribution in [0.25, 0.3) is 0 Å². The van der Waals surface area contributed by atoms with Crippen LogP contribution in [-0.2, 0) is 4.74 Å². The average molecular weight is 281 g/mol. The highest BCUT2D eigenvalue weighted by Gasteiger charge is 2.37. The number of hydrogen-bond donors (Lipinski definition) is 1. The van der Waals surface area contributed by atoms with Crippen molar-refractivity contribution in [1.82, 2.24) is 0 Å². The second-order valence-corrected chi connectivity index (χ2v) is 3.59. The van der Waals surface area contributed by atoms with Crippen molar-refractivity contribution in [3.63, 3.8) is 0 Å². The minimum atomic E-state index is -4.62. The summed E-state index contributed by atoms with van der Waals surface area (Å²) < 4.78 is 58.7. The first-order valence-corrected chi connectivity index (χ1v) is 5.08. The normalized spacial score (nSPS) is 12.9. The number of alkyl halides is 3. The number of carbonyl (C=O) groups excluding carboxylic acids is 1. The molecule has 0 aliphatic rings. The lowest BCUT2D eigenvalue weighted by molar-refractivity contribution is -0.153. The first-order chi connectivity index (χ1) is 8.75. The molecule has 0 radical (unpaired) electrons. The fraction of sp³-hybridized carbons (Fsp3) is 0.364. The molecule has 19 heavy (non-hydrogen) atoms. The Labute approximate surface area is 106 Å². The van der Waals surface area contributed by atoms with Crippen molar-refractivity contribution in [2.75, 3.05) is 13.7 Å². The van der Waals surface area contributed by atoms with E-state index in [1.165, 1.54) is 0 Å². The molecular weight excluding hydrogens is 270 g/mol. The Hall–Kier alpha value is -1.83. The van der Waals surface area contributed by atoms with Crippen LogP contribution in [0.15, 0.2) is 18.2 Å². The average Bonchev–Trinajstić information content (AvgIpc) is 2.34. The zero-order chi connectivity index (χ0) is 14.6.